The number of hydrogen-bond acceptors (Lipinski definition) is 3. The summed E-state index contributed by atoms with van der Waals surface area (Å²) < 4.78 is 9.93. The van der Waals surface area contributed by atoms with Crippen molar-refractivity contribution in [3.63, 3.8) is 0 Å². The normalized spacial score (nSPS) is 12.5. The maximum Gasteiger partial charge on any atom is 0.221 e. The van der Waals surface area contributed by atoms with Crippen molar-refractivity contribution in [1.29, 1.82) is 0 Å². The Hall–Kier alpha value is -1.06. The van der Waals surface area contributed by atoms with Crippen LogP contribution in [-0.4, -0.2) is 25.1 Å². The van der Waals surface area contributed by atoms with Crippen molar-refractivity contribution >= 4 is 0 Å². The first-order valence-corrected chi connectivity index (χ1v) is 4.69. The molecule has 14 heavy (non-hydrogen) atoms. The molecule has 0 aromatic heterocycles. The maximum atomic E-state index is 9.28. The van der Waals surface area contributed by atoms with E-state index in [-0.39, 0.29) is 6.61 Å². The van der Waals surface area contributed by atoms with Gasteiger partial charge in [-0.25, -0.2) is 0 Å². The zero-order valence-corrected chi connectivity index (χ0v) is 8.56. The summed E-state index contributed by atoms with van der Waals surface area (Å²) in [6.45, 7) is 2.27. The molecule has 0 bridgehead atoms. The summed E-state index contributed by atoms with van der Waals surface area (Å²) in [5, 5.41) is 9.28. The molecule has 1 aromatic carbocycles. The summed E-state index contributed by atoms with van der Waals surface area (Å²) in [7, 11) is 1.52. The van der Waals surface area contributed by atoms with E-state index < -0.39 is 6.29 Å². The Kier molecular flexibility index (Phi) is 4.43. The van der Waals surface area contributed by atoms with Gasteiger partial charge in [0.15, 0.2) is 0 Å². The monoisotopic (exact) mass is 196 g/mol. The summed E-state index contributed by atoms with van der Waals surface area (Å²) in [5.74, 6) is 0.659. The summed E-state index contributed by atoms with van der Waals surface area (Å²) in [6.07, 6.45) is 0.105. The SMILES string of the molecule is CCc1ccc(OC(O)COC)cc1. The molecule has 1 aromatic rings. The zero-order valence-electron chi connectivity index (χ0n) is 8.56. The number of hydrogen-bond donors (Lipinski definition) is 1. The highest BCUT2D eigenvalue weighted by Gasteiger charge is 2.04. The second kappa shape index (κ2) is 5.62. The lowest BCUT2D eigenvalue weighted by atomic mass is 10.2. The van der Waals surface area contributed by atoms with Gasteiger partial charge < -0.3 is 14.6 Å². The topological polar surface area (TPSA) is 38.7 Å². The van der Waals surface area contributed by atoms with Gasteiger partial charge in [-0.2, -0.15) is 0 Å². The highest BCUT2D eigenvalue weighted by molar-refractivity contribution is 5.27. The van der Waals surface area contributed by atoms with Gasteiger partial charge in [0.05, 0.1) is 0 Å². The Morgan fingerprint density at radius 3 is 2.43 bits per heavy atom. The Labute approximate surface area is 84.3 Å². The molecule has 3 nitrogen and oxygen atoms in total. The Morgan fingerprint density at radius 2 is 1.93 bits per heavy atom. The van der Waals surface area contributed by atoms with Gasteiger partial charge >= 0.3 is 0 Å². The zero-order chi connectivity index (χ0) is 10.4. The van der Waals surface area contributed by atoms with E-state index in [1.165, 1.54) is 12.7 Å². The van der Waals surface area contributed by atoms with Crippen molar-refractivity contribution < 1.29 is 14.6 Å². The van der Waals surface area contributed by atoms with Gasteiger partial charge in [-0.3, -0.25) is 0 Å². The van der Waals surface area contributed by atoms with E-state index in [1.54, 1.807) is 0 Å². The van der Waals surface area contributed by atoms with Crippen LogP contribution in [0.1, 0.15) is 12.5 Å². The molecule has 0 fully saturated rings. The molecule has 1 atom stereocenters. The largest absolute Gasteiger partial charge is 0.463 e. The quantitative estimate of drug-likeness (QED) is 0.727. The number of rotatable bonds is 5. The summed E-state index contributed by atoms with van der Waals surface area (Å²) in [6, 6.07) is 7.65. The molecule has 1 rings (SSSR count). The Bertz CT molecular complexity index is 256. The number of aliphatic hydroxyl groups is 1. The maximum absolute atomic E-state index is 9.28. The second-order valence-electron chi connectivity index (χ2n) is 3.03. The van der Waals surface area contributed by atoms with E-state index >= 15 is 0 Å². The fourth-order valence-electron chi connectivity index (χ4n) is 1.14. The van der Waals surface area contributed by atoms with Crippen LogP contribution in [0.15, 0.2) is 24.3 Å². The van der Waals surface area contributed by atoms with E-state index in [0.717, 1.165) is 6.42 Å². The second-order valence-corrected chi connectivity index (χ2v) is 3.03. The predicted octanol–water partition coefficient (Wildman–Crippen LogP) is 1.59. The van der Waals surface area contributed by atoms with Crippen molar-refractivity contribution in [3.8, 4) is 5.75 Å². The van der Waals surface area contributed by atoms with Crippen LogP contribution in [0.2, 0.25) is 0 Å². The van der Waals surface area contributed by atoms with Crippen LogP contribution in [0.4, 0.5) is 0 Å². The molecule has 0 spiro atoms. The van der Waals surface area contributed by atoms with E-state index in [1.807, 2.05) is 24.3 Å². The molecule has 3 heteroatoms. The smallest absolute Gasteiger partial charge is 0.221 e. The Morgan fingerprint density at radius 1 is 1.29 bits per heavy atom. The third-order valence-electron chi connectivity index (χ3n) is 1.91. The molecule has 0 saturated carbocycles. The molecular weight excluding hydrogens is 180 g/mol. The van der Waals surface area contributed by atoms with E-state index in [2.05, 4.69) is 6.92 Å². The third-order valence-corrected chi connectivity index (χ3v) is 1.91. The van der Waals surface area contributed by atoms with Gasteiger partial charge in [0.1, 0.15) is 12.4 Å². The number of methoxy groups -OCH3 is 1. The van der Waals surface area contributed by atoms with Crippen LogP contribution in [0.5, 0.6) is 5.75 Å². The third kappa shape index (κ3) is 3.36. The first-order chi connectivity index (χ1) is 6.76. The minimum Gasteiger partial charge on any atom is -0.463 e. The molecule has 0 amide bonds. The van der Waals surface area contributed by atoms with E-state index in [0.29, 0.717) is 5.75 Å². The molecule has 0 saturated heterocycles. The molecule has 0 aliphatic rings. The average molecular weight is 196 g/mol. The fraction of sp³-hybridized carbons (Fsp3) is 0.455. The molecular formula is C11H16O3. The molecule has 0 heterocycles. The van der Waals surface area contributed by atoms with Gasteiger partial charge in [-0.05, 0) is 24.1 Å². The van der Waals surface area contributed by atoms with Gasteiger partial charge in [0, 0.05) is 7.11 Å². The van der Waals surface area contributed by atoms with Crippen molar-refractivity contribution in [2.45, 2.75) is 19.6 Å². The fourth-order valence-corrected chi connectivity index (χ4v) is 1.14. The standard InChI is InChI=1S/C11H16O3/c1-3-9-4-6-10(7-5-9)14-11(12)8-13-2/h4-7,11-12H,3,8H2,1-2H3. The van der Waals surface area contributed by atoms with Gasteiger partial charge in [-0.1, -0.05) is 19.1 Å². The lowest BCUT2D eigenvalue weighted by Crippen LogP contribution is -2.21. The first kappa shape index (κ1) is 11.0. The van der Waals surface area contributed by atoms with Crippen LogP contribution in [-0.2, 0) is 11.2 Å². The van der Waals surface area contributed by atoms with Crippen molar-refractivity contribution in [2.75, 3.05) is 13.7 Å². The van der Waals surface area contributed by atoms with Crippen molar-refractivity contribution in [1.82, 2.24) is 0 Å². The number of ether oxygens (including phenoxy) is 2. The summed E-state index contributed by atoms with van der Waals surface area (Å²) in [4.78, 5) is 0. The van der Waals surface area contributed by atoms with Crippen molar-refractivity contribution in [3.05, 3.63) is 29.8 Å². The molecule has 1 N–H and O–H groups in total. The predicted molar refractivity (Wildman–Crippen MR) is 54.3 cm³/mol. The number of aliphatic hydroxyl groups excluding tert-OH is 1. The number of aryl methyl sites for hydroxylation is 1. The summed E-state index contributed by atoms with van der Waals surface area (Å²) in [5.41, 5.74) is 1.25. The molecule has 0 radical (unpaired) electrons. The first-order valence-electron chi connectivity index (χ1n) is 4.69. The highest BCUT2D eigenvalue weighted by atomic mass is 16.6. The van der Waals surface area contributed by atoms with Crippen molar-refractivity contribution in [2.24, 2.45) is 0 Å². The minimum absolute atomic E-state index is 0.176. The highest BCUT2D eigenvalue weighted by Crippen LogP contribution is 2.13. The molecule has 1 unspecified atom stereocenters. The van der Waals surface area contributed by atoms with Gasteiger partial charge in [-0.15, -0.1) is 0 Å². The average Bonchev–Trinajstić information content (AvgIpc) is 2.19. The van der Waals surface area contributed by atoms with Crippen LogP contribution in [0.25, 0.3) is 0 Å². The Balaban J connectivity index is 2.50. The van der Waals surface area contributed by atoms with Crippen LogP contribution >= 0.6 is 0 Å². The summed E-state index contributed by atoms with van der Waals surface area (Å²) >= 11 is 0. The van der Waals surface area contributed by atoms with E-state index in [4.69, 9.17) is 9.47 Å². The van der Waals surface area contributed by atoms with Crippen LogP contribution in [0.3, 0.4) is 0 Å². The minimum atomic E-state index is -0.896. The lowest BCUT2D eigenvalue weighted by molar-refractivity contribution is -0.0663. The molecule has 0 aliphatic heterocycles. The molecule has 0 aliphatic carbocycles. The molecule has 78 valence electrons. The van der Waals surface area contributed by atoms with E-state index in [9.17, 15) is 5.11 Å². The van der Waals surface area contributed by atoms with Crippen LogP contribution in [0, 0.1) is 0 Å². The number of benzene rings is 1. The van der Waals surface area contributed by atoms with Gasteiger partial charge in [0.25, 0.3) is 0 Å². The van der Waals surface area contributed by atoms with Gasteiger partial charge in [0.2, 0.25) is 6.29 Å². The van der Waals surface area contributed by atoms with Crippen LogP contribution < -0.4 is 4.74 Å². The lowest BCUT2D eigenvalue weighted by Gasteiger charge is -2.12.